The van der Waals surface area contributed by atoms with Crippen molar-refractivity contribution in [2.24, 2.45) is 45.9 Å². The van der Waals surface area contributed by atoms with Crippen molar-refractivity contribution in [2.45, 2.75) is 221 Å². The topological polar surface area (TPSA) is 600 Å². The molecule has 4 aromatic heterocycles. The number of rotatable bonds is 54. The first-order valence-electron chi connectivity index (χ1n) is 42.8. The molecule has 1 aliphatic heterocycles. The third-order valence-electron chi connectivity index (χ3n) is 22.4. The third-order valence-corrected chi connectivity index (χ3v) is 22.4. The normalized spacial score (nSPS) is 15.2. The van der Waals surface area contributed by atoms with Gasteiger partial charge in [0.1, 0.15) is 60.4 Å². The fourth-order valence-electron chi connectivity index (χ4n) is 15.6. The highest BCUT2D eigenvalue weighted by Crippen LogP contribution is 2.26. The van der Waals surface area contributed by atoms with Gasteiger partial charge in [-0.05, 0) is 208 Å². The molecule has 8 aromatic rings. The molecule has 122 heavy (non-hydrogen) atoms. The van der Waals surface area contributed by atoms with Crippen LogP contribution in [0, 0.1) is 0 Å². The number of aromatic amines is 4. The van der Waals surface area contributed by atoms with E-state index < -0.39 is 144 Å². The predicted molar refractivity (Wildman–Crippen MR) is 468 cm³/mol. The molecule has 35 heteroatoms. The first-order chi connectivity index (χ1) is 59.1. The van der Waals surface area contributed by atoms with Gasteiger partial charge in [-0.1, -0.05) is 79.2 Å². The number of benzene rings is 4. The van der Waals surface area contributed by atoms with Crippen molar-refractivity contribution in [1.29, 1.82) is 0 Å². The summed E-state index contributed by atoms with van der Waals surface area (Å²) in [7, 11) is 0. The summed E-state index contributed by atoms with van der Waals surface area (Å²) in [6.07, 6.45) is 13.4. The van der Waals surface area contributed by atoms with Crippen LogP contribution in [-0.2, 0) is 83.2 Å². The second-order valence-corrected chi connectivity index (χ2v) is 31.5. The smallest absolute Gasteiger partial charge is 0.245 e. The molecule has 0 radical (unpaired) electrons. The van der Waals surface area contributed by atoms with Gasteiger partial charge >= 0.3 is 0 Å². The zero-order valence-electron chi connectivity index (χ0n) is 69.5. The van der Waals surface area contributed by atoms with E-state index in [2.05, 4.69) is 73.1 Å². The maximum atomic E-state index is 15.3. The lowest BCUT2D eigenvalue weighted by Crippen LogP contribution is -2.60. The Kier molecular flexibility index (Phi) is 37.7. The summed E-state index contributed by atoms with van der Waals surface area (Å²) in [6, 6.07) is 15.9. The van der Waals surface area contributed by atoms with E-state index in [1.54, 1.807) is 24.8 Å². The Labute approximate surface area is 709 Å². The average Bonchev–Trinajstić information content (AvgIpc) is 1.66. The Balaban J connectivity index is 0.908. The monoisotopic (exact) mass is 1680 g/mol. The number of H-pyrrole nitrogens is 4. The number of fused-ring (bicyclic) bond motifs is 4. The fourth-order valence-corrected chi connectivity index (χ4v) is 15.6. The standard InChI is InChI=1S/C87H125N23O12/c88-37-15-9-26-61(94)78(113)106-71(44-53-48-96-62-27-5-1-22-57(53)62)83(118)103-68(33-12-18-40-91)81(116)109-74(47-56-51-99-65-30-8-4-25-60(56)65)85(120)105-70(35-14-20-42-93)87(122)110-43-21-36-75(110)86(121)100-52-76(111)101-67(32-11-17-39-90)79(114)107-73(46-55-50-98-64-29-7-3-24-59(55)64)84(119)104-69(34-13-19-41-92)80(115)108-72(45-54-49-97-63-28-6-2-23-58(54)63)82(117)102-66(77(95)112)31-10-16-38-89/h1-8,22-25,27-30,48-51,61,66-75,96-99H,9-21,26,31-47,52,88-94H2,(H2,95,112)(H,100,121)(H,101,111)(H,102,117)(H,103,118)(H,104,119)(H,105,120)(H,106,113)(H,107,114)(H,108,115)(H,109,116)/t61-,66-,67-,68-,69-,70-,71-,72-,73-,74-,75+/m1/s1. The van der Waals surface area contributed by atoms with E-state index in [-0.39, 0.29) is 96.9 Å². The molecule has 0 aliphatic carbocycles. The molecule has 660 valence electrons. The number of nitrogens with two attached hydrogens (primary N) is 8. The lowest BCUT2D eigenvalue weighted by molar-refractivity contribution is -0.142. The Morgan fingerprint density at radius 2 is 0.623 bits per heavy atom. The highest BCUT2D eigenvalue weighted by molar-refractivity contribution is 6.01. The molecule has 1 saturated heterocycles. The zero-order chi connectivity index (χ0) is 87.5. The number of likely N-dealkylation sites (tertiary alicyclic amines) is 1. The lowest BCUT2D eigenvalue weighted by Gasteiger charge is -2.30. The molecule has 0 bridgehead atoms. The molecule has 35 nitrogen and oxygen atoms in total. The summed E-state index contributed by atoms with van der Waals surface area (Å²) in [5.74, 6) is -8.70. The zero-order valence-corrected chi connectivity index (χ0v) is 69.5. The van der Waals surface area contributed by atoms with E-state index >= 15 is 19.2 Å². The first-order valence-corrected chi connectivity index (χ1v) is 42.8. The number of amides is 12. The molecule has 0 spiro atoms. The molecule has 5 heterocycles. The fraction of sp³-hybridized carbons (Fsp3) is 0.494. The molecular weight excluding hydrogens is 1560 g/mol. The van der Waals surface area contributed by atoms with Gasteiger partial charge in [-0.3, -0.25) is 57.5 Å². The van der Waals surface area contributed by atoms with Gasteiger partial charge < -0.3 is 124 Å². The van der Waals surface area contributed by atoms with E-state index in [1.165, 1.54) is 4.90 Å². The molecule has 0 unspecified atom stereocenters. The summed E-state index contributed by atoms with van der Waals surface area (Å²) >= 11 is 0. The molecular formula is C87H125N23O12. The van der Waals surface area contributed by atoms with Crippen LogP contribution in [0.25, 0.3) is 43.6 Å². The average molecular weight is 1690 g/mol. The first kappa shape index (κ1) is 94.3. The molecule has 30 N–H and O–H groups in total. The van der Waals surface area contributed by atoms with Crippen LogP contribution in [0.15, 0.2) is 122 Å². The van der Waals surface area contributed by atoms with Crippen LogP contribution in [0.4, 0.5) is 0 Å². The number of hydrogen-bond donors (Lipinski definition) is 22. The van der Waals surface area contributed by atoms with Crippen molar-refractivity contribution in [3.63, 3.8) is 0 Å². The Hall–Kier alpha value is -11.6. The van der Waals surface area contributed by atoms with Gasteiger partial charge in [0.25, 0.3) is 0 Å². The summed E-state index contributed by atoms with van der Waals surface area (Å²) in [4.78, 5) is 189. The number of hydrogen-bond acceptors (Lipinski definition) is 19. The molecule has 12 amide bonds. The maximum Gasteiger partial charge on any atom is 0.245 e. The van der Waals surface area contributed by atoms with Crippen LogP contribution in [0.3, 0.4) is 0 Å². The van der Waals surface area contributed by atoms with Crippen molar-refractivity contribution < 1.29 is 57.5 Å². The van der Waals surface area contributed by atoms with Crippen LogP contribution in [0.5, 0.6) is 0 Å². The van der Waals surface area contributed by atoms with E-state index in [1.807, 2.05) is 97.1 Å². The van der Waals surface area contributed by atoms with Crippen molar-refractivity contribution in [3.8, 4) is 0 Å². The van der Waals surface area contributed by atoms with Gasteiger partial charge in [0, 0.05) is 101 Å². The van der Waals surface area contributed by atoms with Gasteiger partial charge in [-0.15, -0.1) is 0 Å². The van der Waals surface area contributed by atoms with Gasteiger partial charge in [-0.2, -0.15) is 0 Å². The minimum absolute atomic E-state index is 0.0145. The third kappa shape index (κ3) is 27.5. The van der Waals surface area contributed by atoms with E-state index in [4.69, 9.17) is 45.9 Å². The SMILES string of the molecule is NCCCC[C@@H](N)C(=O)N[C@H](Cc1c[nH]c2ccccc12)C(=O)N[C@H](CCCCN)C(=O)N[C@H](Cc1c[nH]c2ccccc12)C(=O)N[C@H](CCCCN)C(=O)N1CCC[C@H]1C(=O)NCC(=O)N[C@H](CCCCN)C(=O)N[C@H](Cc1c[nH]c2ccccc12)C(=O)N[C@H](CCCCN)C(=O)N[C@H](Cc1c[nH]c2ccccc12)C(=O)N[C@H](CCCCN)C(N)=O. The van der Waals surface area contributed by atoms with Crippen LogP contribution in [0.2, 0.25) is 0 Å². The minimum atomic E-state index is -1.41. The Morgan fingerprint density at radius 3 is 0.967 bits per heavy atom. The number of primary amides is 1. The highest BCUT2D eigenvalue weighted by Gasteiger charge is 2.41. The minimum Gasteiger partial charge on any atom is -0.368 e. The van der Waals surface area contributed by atoms with Gasteiger partial charge in [-0.25, -0.2) is 0 Å². The van der Waals surface area contributed by atoms with Crippen LogP contribution in [-0.4, -0.2) is 215 Å². The largest absolute Gasteiger partial charge is 0.368 e. The van der Waals surface area contributed by atoms with Crippen molar-refractivity contribution in [2.75, 3.05) is 52.4 Å². The number of aromatic nitrogens is 4. The van der Waals surface area contributed by atoms with Gasteiger partial charge in [0.2, 0.25) is 70.9 Å². The van der Waals surface area contributed by atoms with Gasteiger partial charge in [0.15, 0.2) is 0 Å². The second kappa shape index (κ2) is 48.7. The van der Waals surface area contributed by atoms with Crippen LogP contribution < -0.4 is 99.0 Å². The Morgan fingerprint density at radius 1 is 0.344 bits per heavy atom. The predicted octanol–water partition coefficient (Wildman–Crippen LogP) is 0.939. The molecule has 1 fully saturated rings. The molecule has 11 atom stereocenters. The molecule has 9 rings (SSSR count). The highest BCUT2D eigenvalue weighted by atomic mass is 16.2. The second-order valence-electron chi connectivity index (χ2n) is 31.5. The number of carbonyl (C=O) groups is 12. The Bertz CT molecular complexity index is 4790. The number of nitrogens with one attached hydrogen (secondary N) is 14. The molecule has 1 aliphatic rings. The number of unbranched alkanes of at least 4 members (excludes halogenated alkanes) is 6. The number of para-hydroxylation sites is 4. The number of nitrogens with zero attached hydrogens (tertiary/aromatic N) is 1. The maximum absolute atomic E-state index is 15.3. The molecule has 0 saturated carbocycles. The van der Waals surface area contributed by atoms with Crippen LogP contribution >= 0.6 is 0 Å². The molecule has 4 aromatic carbocycles. The van der Waals surface area contributed by atoms with Crippen molar-refractivity contribution in [3.05, 3.63) is 144 Å². The summed E-state index contributed by atoms with van der Waals surface area (Å²) in [6.45, 7) is 1.20. The van der Waals surface area contributed by atoms with E-state index in [9.17, 15) is 38.4 Å². The van der Waals surface area contributed by atoms with Crippen molar-refractivity contribution >= 4 is 114 Å². The van der Waals surface area contributed by atoms with E-state index in [0.717, 1.165) is 43.6 Å². The number of carbonyl (C=O) groups excluding carboxylic acids is 12. The quantitative estimate of drug-likeness (QED) is 0.0236. The summed E-state index contributed by atoms with van der Waals surface area (Å²) in [5, 5.41) is 31.4. The summed E-state index contributed by atoms with van der Waals surface area (Å²) in [5.41, 5.74) is 53.2. The summed E-state index contributed by atoms with van der Waals surface area (Å²) < 4.78 is 0. The van der Waals surface area contributed by atoms with E-state index in [0.29, 0.717) is 125 Å². The van der Waals surface area contributed by atoms with Crippen molar-refractivity contribution in [1.82, 2.24) is 78.0 Å². The van der Waals surface area contributed by atoms with Gasteiger partial charge in [0.05, 0.1) is 12.6 Å². The van der Waals surface area contributed by atoms with Crippen LogP contribution in [0.1, 0.15) is 151 Å². The lowest BCUT2D eigenvalue weighted by atomic mass is 10.0.